The topological polar surface area (TPSA) is 94.0 Å². The van der Waals surface area contributed by atoms with Crippen LogP contribution in [-0.2, 0) is 4.79 Å². The lowest BCUT2D eigenvalue weighted by Crippen LogP contribution is -2.18. The van der Waals surface area contributed by atoms with Crippen LogP contribution in [-0.4, -0.2) is 23.2 Å². The van der Waals surface area contributed by atoms with Crippen molar-refractivity contribution < 1.29 is 9.59 Å². The van der Waals surface area contributed by atoms with Crippen LogP contribution in [0.15, 0.2) is 54.6 Å². The highest BCUT2D eigenvalue weighted by Gasteiger charge is 2.67. The molecule has 0 aromatic heterocycles. The summed E-state index contributed by atoms with van der Waals surface area (Å²) in [5, 5.41) is 18.7. The van der Waals surface area contributed by atoms with E-state index >= 15 is 0 Å². The lowest BCUT2D eigenvalue weighted by molar-refractivity contribution is -0.117. The molecule has 0 heterocycles. The van der Waals surface area contributed by atoms with Gasteiger partial charge in [0, 0.05) is 34.4 Å². The summed E-state index contributed by atoms with van der Waals surface area (Å²) in [6.07, 6.45) is 0. The highest BCUT2D eigenvalue weighted by Crippen LogP contribution is 2.65. The van der Waals surface area contributed by atoms with Gasteiger partial charge in [-0.2, -0.15) is 5.26 Å². The number of anilines is 3. The maximum atomic E-state index is 13.0. The summed E-state index contributed by atoms with van der Waals surface area (Å²) >= 11 is 31.3. The summed E-state index contributed by atoms with van der Waals surface area (Å²) < 4.78 is -1.35. The van der Waals surface area contributed by atoms with Gasteiger partial charge in [0.1, 0.15) is 10.4 Å². The Morgan fingerprint density at radius 1 is 0.917 bits per heavy atom. The molecule has 2 atom stereocenters. The van der Waals surface area contributed by atoms with E-state index in [4.69, 9.17) is 58.0 Å². The number of hydrogen-bond donors (Lipinski definition) is 3. The molecule has 1 aliphatic carbocycles. The summed E-state index contributed by atoms with van der Waals surface area (Å²) in [5.41, 5.74) is 2.39. The predicted molar refractivity (Wildman–Crippen MR) is 146 cm³/mol. The molecule has 3 aromatic carbocycles. The van der Waals surface area contributed by atoms with Crippen molar-refractivity contribution in [1.29, 1.82) is 5.26 Å². The van der Waals surface area contributed by atoms with E-state index in [-0.39, 0.29) is 16.1 Å². The van der Waals surface area contributed by atoms with Crippen molar-refractivity contribution in [3.05, 3.63) is 86.4 Å². The Kier molecular flexibility index (Phi) is 7.61. The molecule has 2 unspecified atom stereocenters. The fraction of sp³-hybridized carbons (Fsp3) is 0.160. The fourth-order valence-electron chi connectivity index (χ4n) is 3.91. The van der Waals surface area contributed by atoms with Crippen LogP contribution in [0.2, 0.25) is 15.1 Å². The summed E-state index contributed by atoms with van der Waals surface area (Å²) in [4.78, 5) is 26.0. The van der Waals surface area contributed by atoms with E-state index in [1.54, 1.807) is 49.5 Å². The van der Waals surface area contributed by atoms with Crippen LogP contribution in [0.1, 0.15) is 27.4 Å². The molecule has 3 N–H and O–H groups in total. The number of alkyl halides is 2. The van der Waals surface area contributed by atoms with Gasteiger partial charge >= 0.3 is 0 Å². The molecule has 1 fully saturated rings. The average molecular weight is 583 g/mol. The van der Waals surface area contributed by atoms with Crippen molar-refractivity contribution >= 4 is 86.9 Å². The van der Waals surface area contributed by atoms with Gasteiger partial charge in [-0.05, 0) is 60.2 Å². The zero-order valence-corrected chi connectivity index (χ0v) is 22.3. The van der Waals surface area contributed by atoms with E-state index < -0.39 is 28.0 Å². The molecule has 0 spiro atoms. The molecule has 1 aliphatic rings. The number of rotatable bonds is 6. The second-order valence-electron chi connectivity index (χ2n) is 8.09. The molecule has 1 saturated carbocycles. The molecule has 0 aliphatic heterocycles. The van der Waals surface area contributed by atoms with Crippen LogP contribution in [0.5, 0.6) is 0 Å². The van der Waals surface area contributed by atoms with E-state index in [1.807, 2.05) is 6.07 Å². The largest absolute Gasteiger partial charge is 0.388 e. The number of carbonyl (C=O) groups is 2. The van der Waals surface area contributed by atoms with Gasteiger partial charge < -0.3 is 16.0 Å². The molecule has 3 aromatic rings. The molecule has 11 heteroatoms. The summed E-state index contributed by atoms with van der Waals surface area (Å²) in [6.45, 7) is 0. The van der Waals surface area contributed by atoms with Crippen molar-refractivity contribution in [2.45, 2.75) is 10.3 Å². The van der Waals surface area contributed by atoms with Crippen LogP contribution in [0, 0.1) is 17.2 Å². The van der Waals surface area contributed by atoms with Gasteiger partial charge in [-0.25, -0.2) is 0 Å². The molecule has 6 nitrogen and oxygen atoms in total. The van der Waals surface area contributed by atoms with Crippen LogP contribution >= 0.6 is 58.0 Å². The first kappa shape index (κ1) is 26.4. The Morgan fingerprint density at radius 2 is 1.58 bits per heavy atom. The van der Waals surface area contributed by atoms with Gasteiger partial charge in [0.05, 0.1) is 27.8 Å². The van der Waals surface area contributed by atoms with Crippen molar-refractivity contribution in [2.24, 2.45) is 5.92 Å². The number of benzene rings is 3. The van der Waals surface area contributed by atoms with Crippen molar-refractivity contribution in [3.8, 4) is 6.07 Å². The Bertz CT molecular complexity index is 1400. The lowest BCUT2D eigenvalue weighted by atomic mass is 10.1. The van der Waals surface area contributed by atoms with Gasteiger partial charge in [-0.1, -0.05) is 34.8 Å². The number of halogens is 5. The second kappa shape index (κ2) is 10.4. The Balaban J connectivity index is 1.52. The average Bonchev–Trinajstić information content (AvgIpc) is 3.41. The maximum absolute atomic E-state index is 13.0. The highest BCUT2D eigenvalue weighted by atomic mass is 35.5. The first-order chi connectivity index (χ1) is 17.0. The van der Waals surface area contributed by atoms with E-state index in [2.05, 4.69) is 16.0 Å². The minimum atomic E-state index is -1.35. The van der Waals surface area contributed by atoms with Gasteiger partial charge in [0.15, 0.2) is 0 Å². The highest BCUT2D eigenvalue weighted by molar-refractivity contribution is 6.53. The van der Waals surface area contributed by atoms with Gasteiger partial charge in [-0.3, -0.25) is 9.59 Å². The normalized spacial score (nSPS) is 17.6. The summed E-state index contributed by atoms with van der Waals surface area (Å²) in [6, 6.07) is 16.3. The van der Waals surface area contributed by atoms with Gasteiger partial charge in [0.2, 0.25) is 5.91 Å². The number of nitrogens with one attached hydrogen (secondary N) is 3. The molecule has 4 rings (SSSR count). The Labute approximate surface area is 232 Å². The molecule has 36 heavy (non-hydrogen) atoms. The Hall–Kier alpha value is -2.66. The number of carbonyl (C=O) groups excluding carboxylic acids is 2. The standard InChI is InChI=1S/C25H17Cl5N4O2/c1-32-16-3-5-20(13(8-16)11-31)34-23(35)18-10-17(2-4-19(18)28)33-24(36)22-21(25(22,29)30)12-6-14(26)9-15(27)7-12/h2-10,21-22,32H,1H3,(H,33,36)(H,34,35). The quantitative estimate of drug-likeness (QED) is 0.265. The Morgan fingerprint density at radius 3 is 2.22 bits per heavy atom. The molecule has 2 amide bonds. The van der Waals surface area contributed by atoms with E-state index in [9.17, 15) is 14.9 Å². The van der Waals surface area contributed by atoms with Crippen molar-refractivity contribution in [2.75, 3.05) is 23.0 Å². The fourth-order valence-corrected chi connectivity index (χ4v) is 5.48. The molecule has 184 valence electrons. The molecule has 0 bridgehead atoms. The van der Waals surface area contributed by atoms with Gasteiger partial charge in [0.25, 0.3) is 5.91 Å². The SMILES string of the molecule is CNc1ccc(NC(=O)c2cc(NC(=O)C3C(c4cc(Cl)cc(Cl)c4)C3(Cl)Cl)ccc2Cl)c(C#N)c1. The number of nitrogens with zero attached hydrogens (tertiary/aromatic N) is 1. The molecule has 0 radical (unpaired) electrons. The number of hydrogen-bond acceptors (Lipinski definition) is 4. The van der Waals surface area contributed by atoms with Crippen LogP contribution < -0.4 is 16.0 Å². The van der Waals surface area contributed by atoms with Crippen molar-refractivity contribution in [1.82, 2.24) is 0 Å². The van der Waals surface area contributed by atoms with Crippen LogP contribution in [0.4, 0.5) is 17.1 Å². The van der Waals surface area contributed by atoms with Crippen LogP contribution in [0.3, 0.4) is 0 Å². The second-order valence-corrected chi connectivity index (χ2v) is 10.8. The van der Waals surface area contributed by atoms with E-state index in [1.165, 1.54) is 12.1 Å². The maximum Gasteiger partial charge on any atom is 0.257 e. The minimum Gasteiger partial charge on any atom is -0.388 e. The third kappa shape index (κ3) is 5.36. The molecular weight excluding hydrogens is 566 g/mol. The van der Waals surface area contributed by atoms with Crippen molar-refractivity contribution in [3.63, 3.8) is 0 Å². The first-order valence-corrected chi connectivity index (χ1v) is 12.4. The number of amides is 2. The van der Waals surface area contributed by atoms with Gasteiger partial charge in [-0.15, -0.1) is 23.2 Å². The third-order valence-corrected chi connectivity index (χ3v) is 7.44. The van der Waals surface area contributed by atoms with Crippen LogP contribution in [0.25, 0.3) is 0 Å². The summed E-state index contributed by atoms with van der Waals surface area (Å²) in [7, 11) is 1.72. The minimum absolute atomic E-state index is 0.105. The van der Waals surface area contributed by atoms with E-state index in [0.29, 0.717) is 27.0 Å². The monoisotopic (exact) mass is 580 g/mol. The molecular formula is C25H17Cl5N4O2. The lowest BCUT2D eigenvalue weighted by Gasteiger charge is -2.12. The zero-order valence-electron chi connectivity index (χ0n) is 18.5. The predicted octanol–water partition coefficient (Wildman–Crippen LogP) is 7.34. The first-order valence-electron chi connectivity index (χ1n) is 10.5. The smallest absolute Gasteiger partial charge is 0.257 e. The molecule has 0 saturated heterocycles. The third-order valence-electron chi connectivity index (χ3n) is 5.74. The zero-order chi connectivity index (χ0) is 26.2. The van der Waals surface area contributed by atoms with E-state index in [0.717, 1.165) is 5.69 Å². The number of nitriles is 1. The summed E-state index contributed by atoms with van der Waals surface area (Å²) in [5.74, 6) is -2.28.